The first kappa shape index (κ1) is 10.3. The van der Waals surface area contributed by atoms with Crippen molar-refractivity contribution in [1.29, 1.82) is 10.5 Å². The van der Waals surface area contributed by atoms with Gasteiger partial charge in [0.1, 0.15) is 12.1 Å². The van der Waals surface area contributed by atoms with Crippen LogP contribution >= 0.6 is 0 Å². The van der Waals surface area contributed by atoms with Crippen molar-refractivity contribution in [3.8, 4) is 12.1 Å². The molecule has 0 atom stereocenters. The monoisotopic (exact) mass is 189 g/mol. The standard InChI is InChI=1S/C10H13N4/c1-3-4-5-14-8-13(2)9(6-11)10(14)7-12/h8H,3-5H2,1-2H3/q+1. The molecule has 1 aromatic rings. The Morgan fingerprint density at radius 3 is 2.64 bits per heavy atom. The fourth-order valence-electron chi connectivity index (χ4n) is 1.37. The van der Waals surface area contributed by atoms with E-state index in [1.165, 1.54) is 0 Å². The Hall–Kier alpha value is -1.81. The second-order valence-corrected chi connectivity index (χ2v) is 3.19. The molecule has 72 valence electrons. The highest BCUT2D eigenvalue weighted by atomic mass is 15.1. The largest absolute Gasteiger partial charge is 0.263 e. The number of aromatic nitrogens is 2. The zero-order valence-electron chi connectivity index (χ0n) is 8.49. The first-order valence-electron chi connectivity index (χ1n) is 4.63. The summed E-state index contributed by atoms with van der Waals surface area (Å²) in [4.78, 5) is 0. The van der Waals surface area contributed by atoms with Gasteiger partial charge in [-0.1, -0.05) is 13.3 Å². The lowest BCUT2D eigenvalue weighted by Crippen LogP contribution is -2.29. The summed E-state index contributed by atoms with van der Waals surface area (Å²) in [6.07, 6.45) is 3.90. The lowest BCUT2D eigenvalue weighted by atomic mass is 10.3. The Morgan fingerprint density at radius 2 is 2.14 bits per heavy atom. The van der Waals surface area contributed by atoms with Crippen LogP contribution in [0.1, 0.15) is 31.2 Å². The van der Waals surface area contributed by atoms with E-state index in [2.05, 4.69) is 13.0 Å². The maximum Gasteiger partial charge on any atom is 0.263 e. The normalized spacial score (nSPS) is 9.43. The molecule has 0 aliphatic carbocycles. The third-order valence-electron chi connectivity index (χ3n) is 2.14. The SMILES string of the molecule is CCCCn1c[n+](C)c(C#N)c1C#N. The van der Waals surface area contributed by atoms with Crippen molar-refractivity contribution in [3.05, 3.63) is 17.7 Å². The fraction of sp³-hybridized carbons (Fsp3) is 0.500. The van der Waals surface area contributed by atoms with Gasteiger partial charge in [0.15, 0.2) is 0 Å². The first-order valence-corrected chi connectivity index (χ1v) is 4.63. The van der Waals surface area contributed by atoms with E-state index in [1.807, 2.05) is 10.6 Å². The van der Waals surface area contributed by atoms with Gasteiger partial charge in [0, 0.05) is 0 Å². The number of imidazole rings is 1. The van der Waals surface area contributed by atoms with Crippen molar-refractivity contribution in [2.24, 2.45) is 7.05 Å². The van der Waals surface area contributed by atoms with Gasteiger partial charge in [-0.25, -0.2) is 9.13 Å². The summed E-state index contributed by atoms with van der Waals surface area (Å²) in [5.74, 6) is 0. The maximum atomic E-state index is 8.91. The molecular formula is C10H13N4+. The van der Waals surface area contributed by atoms with Gasteiger partial charge in [-0.15, -0.1) is 0 Å². The molecule has 14 heavy (non-hydrogen) atoms. The van der Waals surface area contributed by atoms with E-state index in [4.69, 9.17) is 10.5 Å². The molecule has 1 heterocycles. The molecule has 0 aliphatic heterocycles. The molecule has 0 fully saturated rings. The summed E-state index contributed by atoms with van der Waals surface area (Å²) >= 11 is 0. The van der Waals surface area contributed by atoms with E-state index in [-0.39, 0.29) is 0 Å². The van der Waals surface area contributed by atoms with Crippen LogP contribution in [0.3, 0.4) is 0 Å². The quantitative estimate of drug-likeness (QED) is 0.662. The summed E-state index contributed by atoms with van der Waals surface area (Å²) in [5.41, 5.74) is 0.895. The van der Waals surface area contributed by atoms with E-state index >= 15 is 0 Å². The molecular weight excluding hydrogens is 176 g/mol. The molecule has 0 saturated heterocycles. The Morgan fingerprint density at radius 1 is 1.43 bits per heavy atom. The zero-order chi connectivity index (χ0) is 10.6. The minimum atomic E-state index is 0.434. The van der Waals surface area contributed by atoms with E-state index < -0.39 is 0 Å². The number of aryl methyl sites for hydroxylation is 2. The molecule has 4 nitrogen and oxygen atoms in total. The lowest BCUT2D eigenvalue weighted by Gasteiger charge is -1.93. The van der Waals surface area contributed by atoms with E-state index in [9.17, 15) is 0 Å². The molecule has 0 bridgehead atoms. The van der Waals surface area contributed by atoms with Crippen molar-refractivity contribution < 1.29 is 4.57 Å². The molecule has 0 amide bonds. The Kier molecular flexibility index (Phi) is 3.25. The van der Waals surface area contributed by atoms with Crippen LogP contribution in [-0.2, 0) is 13.6 Å². The molecule has 0 saturated carbocycles. The Labute approximate surface area is 83.6 Å². The van der Waals surface area contributed by atoms with Gasteiger partial charge in [0.25, 0.3) is 11.4 Å². The molecule has 0 aliphatic rings. The summed E-state index contributed by atoms with van der Waals surface area (Å²) < 4.78 is 3.52. The molecule has 0 unspecified atom stereocenters. The van der Waals surface area contributed by atoms with Crippen molar-refractivity contribution in [2.75, 3.05) is 0 Å². The van der Waals surface area contributed by atoms with Gasteiger partial charge in [0.05, 0.1) is 13.6 Å². The van der Waals surface area contributed by atoms with Crippen molar-refractivity contribution in [3.63, 3.8) is 0 Å². The van der Waals surface area contributed by atoms with Crippen LogP contribution in [0.15, 0.2) is 6.33 Å². The smallest absolute Gasteiger partial charge is 0.223 e. The molecule has 4 heteroatoms. The third-order valence-corrected chi connectivity index (χ3v) is 2.14. The summed E-state index contributed by atoms with van der Waals surface area (Å²) in [5, 5.41) is 17.7. The average Bonchev–Trinajstić information content (AvgIpc) is 2.50. The van der Waals surface area contributed by atoms with Gasteiger partial charge >= 0.3 is 0 Å². The van der Waals surface area contributed by atoms with Crippen molar-refractivity contribution in [1.82, 2.24) is 4.57 Å². The average molecular weight is 189 g/mol. The maximum absolute atomic E-state index is 8.91. The predicted molar refractivity (Wildman–Crippen MR) is 49.9 cm³/mol. The van der Waals surface area contributed by atoms with Gasteiger partial charge in [-0.2, -0.15) is 10.5 Å². The highest BCUT2D eigenvalue weighted by molar-refractivity contribution is 5.32. The Bertz CT molecular complexity index is 403. The van der Waals surface area contributed by atoms with Crippen molar-refractivity contribution >= 4 is 0 Å². The van der Waals surface area contributed by atoms with Crippen LogP contribution in [0.5, 0.6) is 0 Å². The van der Waals surface area contributed by atoms with E-state index in [1.54, 1.807) is 17.9 Å². The summed E-state index contributed by atoms with van der Waals surface area (Å²) in [6, 6.07) is 4.10. The van der Waals surface area contributed by atoms with Crippen LogP contribution in [0.2, 0.25) is 0 Å². The predicted octanol–water partition coefficient (Wildman–Crippen LogP) is 0.856. The minimum absolute atomic E-state index is 0.434. The van der Waals surface area contributed by atoms with Crippen molar-refractivity contribution in [2.45, 2.75) is 26.3 Å². The molecule has 0 aromatic carbocycles. The van der Waals surface area contributed by atoms with Gasteiger partial charge in [-0.3, -0.25) is 0 Å². The second kappa shape index (κ2) is 4.43. The molecule has 0 N–H and O–H groups in total. The first-order chi connectivity index (χ1) is 6.74. The van der Waals surface area contributed by atoms with Gasteiger partial charge in [0.2, 0.25) is 6.33 Å². The highest BCUT2D eigenvalue weighted by Gasteiger charge is 2.20. The number of unbranched alkanes of at least 4 members (excludes halogenated alkanes) is 1. The van der Waals surface area contributed by atoms with Crippen LogP contribution in [0, 0.1) is 22.7 Å². The molecule has 0 radical (unpaired) electrons. The molecule has 1 aromatic heterocycles. The van der Waals surface area contributed by atoms with Crippen LogP contribution in [0.25, 0.3) is 0 Å². The summed E-state index contributed by atoms with van der Waals surface area (Å²) in [6.45, 7) is 2.90. The number of nitriles is 2. The Balaban J connectivity index is 3.08. The second-order valence-electron chi connectivity index (χ2n) is 3.19. The van der Waals surface area contributed by atoms with Gasteiger partial charge in [-0.05, 0) is 6.42 Å². The van der Waals surface area contributed by atoms with E-state index in [0.29, 0.717) is 11.4 Å². The number of rotatable bonds is 3. The fourth-order valence-corrected chi connectivity index (χ4v) is 1.37. The number of nitrogens with zero attached hydrogens (tertiary/aromatic N) is 4. The number of hydrogen-bond donors (Lipinski definition) is 0. The highest BCUT2D eigenvalue weighted by Crippen LogP contribution is 2.04. The summed E-state index contributed by atoms with van der Waals surface area (Å²) in [7, 11) is 1.78. The minimum Gasteiger partial charge on any atom is -0.223 e. The zero-order valence-corrected chi connectivity index (χ0v) is 8.49. The third kappa shape index (κ3) is 1.75. The number of hydrogen-bond acceptors (Lipinski definition) is 2. The van der Waals surface area contributed by atoms with Gasteiger partial charge < -0.3 is 0 Å². The van der Waals surface area contributed by atoms with Crippen LogP contribution < -0.4 is 4.57 Å². The van der Waals surface area contributed by atoms with E-state index in [0.717, 1.165) is 19.4 Å². The lowest BCUT2D eigenvalue weighted by molar-refractivity contribution is -0.673. The molecule has 1 rings (SSSR count). The van der Waals surface area contributed by atoms with Crippen LogP contribution in [0.4, 0.5) is 0 Å². The molecule has 0 spiro atoms. The topological polar surface area (TPSA) is 56.4 Å². The van der Waals surface area contributed by atoms with Crippen LogP contribution in [-0.4, -0.2) is 4.57 Å².